The molecule has 18 heavy (non-hydrogen) atoms. The zero-order chi connectivity index (χ0) is 12.4. The first-order chi connectivity index (χ1) is 8.78. The molecular weight excluding hydrogens is 234 g/mol. The minimum absolute atomic E-state index is 0.00791. The van der Waals surface area contributed by atoms with Crippen LogP contribution in [0.1, 0.15) is 37.6 Å². The maximum absolute atomic E-state index is 5.58. The van der Waals surface area contributed by atoms with Gasteiger partial charge in [-0.1, -0.05) is 12.1 Å². The molecule has 0 radical (unpaired) electrons. The summed E-state index contributed by atoms with van der Waals surface area (Å²) in [5.74, 6) is 1.35. The number of hydrogen-bond donors (Lipinski definition) is 1. The van der Waals surface area contributed by atoms with E-state index >= 15 is 0 Å². The summed E-state index contributed by atoms with van der Waals surface area (Å²) in [4.78, 5) is 4.52. The van der Waals surface area contributed by atoms with Crippen LogP contribution in [0.5, 0.6) is 0 Å². The van der Waals surface area contributed by atoms with E-state index in [-0.39, 0.29) is 11.5 Å². The SMILES string of the molecule is CC1(c2nc(C3COCCO3)no2)CCNCC1. The van der Waals surface area contributed by atoms with E-state index in [1.165, 1.54) is 0 Å². The molecule has 1 aromatic rings. The van der Waals surface area contributed by atoms with E-state index in [0.29, 0.717) is 25.6 Å². The van der Waals surface area contributed by atoms with E-state index < -0.39 is 0 Å². The van der Waals surface area contributed by atoms with Gasteiger partial charge in [-0.05, 0) is 25.9 Å². The van der Waals surface area contributed by atoms with Crippen molar-refractivity contribution >= 4 is 0 Å². The molecule has 0 aromatic carbocycles. The number of hydrogen-bond acceptors (Lipinski definition) is 6. The van der Waals surface area contributed by atoms with Crippen LogP contribution < -0.4 is 5.32 Å². The Balaban J connectivity index is 1.75. The maximum Gasteiger partial charge on any atom is 0.232 e. The van der Waals surface area contributed by atoms with Crippen LogP contribution in [-0.4, -0.2) is 43.1 Å². The molecule has 2 aliphatic rings. The molecule has 2 saturated heterocycles. The highest BCUT2D eigenvalue weighted by atomic mass is 16.6. The van der Waals surface area contributed by atoms with Gasteiger partial charge in [-0.2, -0.15) is 4.98 Å². The Bertz CT molecular complexity index is 395. The van der Waals surface area contributed by atoms with Crippen molar-refractivity contribution in [1.29, 1.82) is 0 Å². The molecule has 2 aliphatic heterocycles. The summed E-state index contributed by atoms with van der Waals surface area (Å²) < 4.78 is 16.4. The minimum atomic E-state index is -0.179. The molecule has 0 spiro atoms. The normalized spacial score (nSPS) is 28.2. The smallest absolute Gasteiger partial charge is 0.232 e. The zero-order valence-corrected chi connectivity index (χ0v) is 10.6. The van der Waals surface area contributed by atoms with Crippen molar-refractivity contribution in [3.05, 3.63) is 11.7 Å². The van der Waals surface area contributed by atoms with Crippen LogP contribution in [0.4, 0.5) is 0 Å². The third-order valence-corrected chi connectivity index (χ3v) is 3.77. The summed E-state index contributed by atoms with van der Waals surface area (Å²) >= 11 is 0. The summed E-state index contributed by atoms with van der Waals surface area (Å²) in [6.45, 7) is 5.93. The first kappa shape index (κ1) is 12.1. The monoisotopic (exact) mass is 253 g/mol. The Labute approximate surface area is 106 Å². The van der Waals surface area contributed by atoms with Gasteiger partial charge in [0.05, 0.1) is 19.8 Å². The first-order valence-electron chi connectivity index (χ1n) is 6.52. The third kappa shape index (κ3) is 2.28. The zero-order valence-electron chi connectivity index (χ0n) is 10.6. The Morgan fingerprint density at radius 2 is 2.11 bits per heavy atom. The summed E-state index contributed by atoms with van der Waals surface area (Å²) in [6, 6.07) is 0. The predicted molar refractivity (Wildman–Crippen MR) is 63.3 cm³/mol. The van der Waals surface area contributed by atoms with Crippen LogP contribution in [0, 0.1) is 0 Å². The Kier molecular flexibility index (Phi) is 3.32. The highest BCUT2D eigenvalue weighted by molar-refractivity contribution is 5.06. The largest absolute Gasteiger partial charge is 0.376 e. The molecular formula is C12H19N3O3. The van der Waals surface area contributed by atoms with Crippen molar-refractivity contribution in [3.63, 3.8) is 0 Å². The molecule has 0 saturated carbocycles. The average Bonchev–Trinajstić information content (AvgIpc) is 2.91. The highest BCUT2D eigenvalue weighted by Crippen LogP contribution is 2.32. The second kappa shape index (κ2) is 4.95. The Morgan fingerprint density at radius 3 is 2.83 bits per heavy atom. The highest BCUT2D eigenvalue weighted by Gasteiger charge is 2.35. The number of nitrogens with one attached hydrogen (secondary N) is 1. The van der Waals surface area contributed by atoms with E-state index in [1.54, 1.807) is 0 Å². The summed E-state index contributed by atoms with van der Waals surface area (Å²) in [5, 5.41) is 7.39. The van der Waals surface area contributed by atoms with Gasteiger partial charge in [-0.15, -0.1) is 0 Å². The van der Waals surface area contributed by atoms with Gasteiger partial charge in [0.1, 0.15) is 6.10 Å². The molecule has 1 unspecified atom stereocenters. The molecule has 1 N–H and O–H groups in total. The molecule has 6 nitrogen and oxygen atoms in total. The predicted octanol–water partition coefficient (Wildman–Crippen LogP) is 0.799. The van der Waals surface area contributed by atoms with Crippen molar-refractivity contribution in [3.8, 4) is 0 Å². The lowest BCUT2D eigenvalue weighted by Gasteiger charge is -2.30. The summed E-state index contributed by atoms with van der Waals surface area (Å²) in [6.07, 6.45) is 1.87. The molecule has 1 atom stereocenters. The van der Waals surface area contributed by atoms with Gasteiger partial charge in [-0.25, -0.2) is 0 Å². The molecule has 1 aromatic heterocycles. The number of piperidine rings is 1. The van der Waals surface area contributed by atoms with Gasteiger partial charge < -0.3 is 19.3 Å². The van der Waals surface area contributed by atoms with Crippen molar-refractivity contribution in [2.45, 2.75) is 31.3 Å². The summed E-state index contributed by atoms with van der Waals surface area (Å²) in [7, 11) is 0. The quantitative estimate of drug-likeness (QED) is 0.840. The van der Waals surface area contributed by atoms with Gasteiger partial charge in [0.2, 0.25) is 11.7 Å². The lowest BCUT2D eigenvalue weighted by molar-refractivity contribution is -0.0941. The second-order valence-corrected chi connectivity index (χ2v) is 5.20. The molecule has 0 aliphatic carbocycles. The third-order valence-electron chi connectivity index (χ3n) is 3.77. The standard InChI is InChI=1S/C12H19N3O3/c1-12(2-4-13-5-3-12)11-14-10(15-18-11)9-8-16-6-7-17-9/h9,13H,2-8H2,1H3. The van der Waals surface area contributed by atoms with Crippen LogP contribution in [0.15, 0.2) is 4.52 Å². The molecule has 3 heterocycles. The minimum Gasteiger partial charge on any atom is -0.376 e. The van der Waals surface area contributed by atoms with Crippen molar-refractivity contribution in [2.75, 3.05) is 32.9 Å². The summed E-state index contributed by atoms with van der Waals surface area (Å²) in [5.41, 5.74) is -0.00791. The fraction of sp³-hybridized carbons (Fsp3) is 0.833. The Hall–Kier alpha value is -0.980. The van der Waals surface area contributed by atoms with Crippen LogP contribution in [0.3, 0.4) is 0 Å². The van der Waals surface area contributed by atoms with E-state index in [4.69, 9.17) is 14.0 Å². The first-order valence-corrected chi connectivity index (χ1v) is 6.52. The lowest BCUT2D eigenvalue weighted by atomic mass is 9.81. The second-order valence-electron chi connectivity index (χ2n) is 5.20. The van der Waals surface area contributed by atoms with Gasteiger partial charge in [0.15, 0.2) is 0 Å². The topological polar surface area (TPSA) is 69.4 Å². The molecule has 0 amide bonds. The van der Waals surface area contributed by atoms with Gasteiger partial charge in [0.25, 0.3) is 0 Å². The molecule has 3 rings (SSSR count). The lowest BCUT2D eigenvalue weighted by Crippen LogP contribution is -2.38. The van der Waals surface area contributed by atoms with E-state index in [2.05, 4.69) is 22.4 Å². The van der Waals surface area contributed by atoms with Gasteiger partial charge >= 0.3 is 0 Å². The maximum atomic E-state index is 5.58. The van der Waals surface area contributed by atoms with E-state index in [0.717, 1.165) is 31.8 Å². The van der Waals surface area contributed by atoms with Gasteiger partial charge in [0, 0.05) is 5.41 Å². The van der Waals surface area contributed by atoms with Crippen LogP contribution in [-0.2, 0) is 14.9 Å². The molecule has 6 heteroatoms. The average molecular weight is 253 g/mol. The van der Waals surface area contributed by atoms with Crippen LogP contribution >= 0.6 is 0 Å². The van der Waals surface area contributed by atoms with Gasteiger partial charge in [-0.3, -0.25) is 0 Å². The van der Waals surface area contributed by atoms with Crippen molar-refractivity contribution in [2.24, 2.45) is 0 Å². The number of rotatable bonds is 2. The van der Waals surface area contributed by atoms with Crippen LogP contribution in [0.25, 0.3) is 0 Å². The van der Waals surface area contributed by atoms with E-state index in [1.807, 2.05) is 0 Å². The number of nitrogens with zero attached hydrogens (tertiary/aromatic N) is 2. The number of ether oxygens (including phenoxy) is 2. The molecule has 2 fully saturated rings. The number of aromatic nitrogens is 2. The molecule has 0 bridgehead atoms. The van der Waals surface area contributed by atoms with Crippen molar-refractivity contribution < 1.29 is 14.0 Å². The fourth-order valence-electron chi connectivity index (χ4n) is 2.44. The fourth-order valence-corrected chi connectivity index (χ4v) is 2.44. The van der Waals surface area contributed by atoms with Crippen LogP contribution in [0.2, 0.25) is 0 Å². The Morgan fingerprint density at radius 1 is 1.28 bits per heavy atom. The van der Waals surface area contributed by atoms with Crippen molar-refractivity contribution in [1.82, 2.24) is 15.5 Å². The van der Waals surface area contributed by atoms with E-state index in [9.17, 15) is 0 Å². The molecule has 100 valence electrons.